The summed E-state index contributed by atoms with van der Waals surface area (Å²) in [6.07, 6.45) is 1.26. The average Bonchev–Trinajstić information content (AvgIpc) is 3.08. The van der Waals surface area contributed by atoms with Crippen molar-refractivity contribution < 1.29 is 13.9 Å². The first-order valence-electron chi connectivity index (χ1n) is 9.26. The molecular weight excluding hydrogens is 335 g/mol. The van der Waals surface area contributed by atoms with Crippen molar-refractivity contribution in [3.63, 3.8) is 0 Å². The van der Waals surface area contributed by atoms with E-state index >= 15 is 0 Å². The van der Waals surface area contributed by atoms with Gasteiger partial charge in [0, 0.05) is 38.2 Å². The Morgan fingerprint density at radius 2 is 2.27 bits per heavy atom. The zero-order valence-corrected chi connectivity index (χ0v) is 15.8. The maximum Gasteiger partial charge on any atom is 0.222 e. The minimum atomic E-state index is -0.319. The molecule has 2 N–H and O–H groups in total. The van der Waals surface area contributed by atoms with Gasteiger partial charge in [-0.25, -0.2) is 9.38 Å². The summed E-state index contributed by atoms with van der Waals surface area (Å²) in [5.41, 5.74) is 0. The number of rotatable bonds is 7. The van der Waals surface area contributed by atoms with E-state index in [0.29, 0.717) is 31.2 Å². The molecule has 1 fully saturated rings. The lowest BCUT2D eigenvalue weighted by Crippen LogP contribution is -2.45. The van der Waals surface area contributed by atoms with Crippen molar-refractivity contribution >= 4 is 11.9 Å². The molecule has 0 spiro atoms. The Labute approximate surface area is 154 Å². The van der Waals surface area contributed by atoms with Gasteiger partial charge in [-0.2, -0.15) is 0 Å². The number of ether oxygens (including phenoxy) is 1. The van der Waals surface area contributed by atoms with Gasteiger partial charge in [-0.15, -0.1) is 0 Å². The molecule has 1 aromatic rings. The number of benzene rings is 1. The third-order valence-electron chi connectivity index (χ3n) is 4.17. The van der Waals surface area contributed by atoms with E-state index in [0.717, 1.165) is 19.5 Å². The number of carbonyl (C=O) groups excluding carboxylic acids is 1. The molecule has 2 rings (SSSR count). The van der Waals surface area contributed by atoms with Gasteiger partial charge in [-0.05, 0) is 32.4 Å². The molecule has 1 aliphatic rings. The number of guanidine groups is 1. The van der Waals surface area contributed by atoms with Crippen LogP contribution in [0.1, 0.15) is 33.6 Å². The van der Waals surface area contributed by atoms with E-state index in [1.54, 1.807) is 12.1 Å². The van der Waals surface area contributed by atoms with Crippen LogP contribution in [-0.2, 0) is 4.79 Å². The van der Waals surface area contributed by atoms with E-state index in [1.807, 2.05) is 25.7 Å². The smallest absolute Gasteiger partial charge is 0.222 e. The Bertz CT molecular complexity index is 623. The second kappa shape index (κ2) is 9.99. The third-order valence-corrected chi connectivity index (χ3v) is 4.17. The average molecular weight is 364 g/mol. The Morgan fingerprint density at radius 3 is 2.96 bits per heavy atom. The van der Waals surface area contributed by atoms with Gasteiger partial charge in [0.2, 0.25) is 5.91 Å². The lowest BCUT2D eigenvalue weighted by atomic mass is 10.3. The monoisotopic (exact) mass is 364 g/mol. The first kappa shape index (κ1) is 20.0. The highest BCUT2D eigenvalue weighted by Crippen LogP contribution is 2.14. The van der Waals surface area contributed by atoms with E-state index in [4.69, 9.17) is 4.74 Å². The van der Waals surface area contributed by atoms with E-state index in [1.165, 1.54) is 12.1 Å². The van der Waals surface area contributed by atoms with Crippen molar-refractivity contribution in [2.45, 2.75) is 45.8 Å². The van der Waals surface area contributed by atoms with Crippen molar-refractivity contribution in [3.05, 3.63) is 30.1 Å². The van der Waals surface area contributed by atoms with Crippen molar-refractivity contribution in [1.82, 2.24) is 15.5 Å². The number of nitrogens with zero attached hydrogens (tertiary/aromatic N) is 2. The second-order valence-corrected chi connectivity index (χ2v) is 6.43. The molecule has 0 saturated carbocycles. The van der Waals surface area contributed by atoms with Gasteiger partial charge >= 0.3 is 0 Å². The van der Waals surface area contributed by atoms with E-state index in [2.05, 4.69) is 15.6 Å². The van der Waals surface area contributed by atoms with Crippen molar-refractivity contribution in [1.29, 1.82) is 0 Å². The molecule has 0 aromatic heterocycles. The highest BCUT2D eigenvalue weighted by Gasteiger charge is 2.25. The Morgan fingerprint density at radius 1 is 1.46 bits per heavy atom. The summed E-state index contributed by atoms with van der Waals surface area (Å²) in [6.45, 7) is 8.45. The fourth-order valence-electron chi connectivity index (χ4n) is 2.87. The molecule has 7 heteroatoms. The number of likely N-dealkylation sites (tertiary alicyclic amines) is 1. The highest BCUT2D eigenvalue weighted by molar-refractivity contribution is 5.80. The summed E-state index contributed by atoms with van der Waals surface area (Å²) in [7, 11) is 0. The molecule has 0 aliphatic carbocycles. The number of carbonyl (C=O) groups is 1. The lowest BCUT2D eigenvalue weighted by Gasteiger charge is -2.19. The SMILES string of the molecule is CCNC(=NCC(C)Oc1cccc(F)c1)NC1CCN(C(=O)CC)C1. The Balaban J connectivity index is 1.86. The molecule has 2 atom stereocenters. The van der Waals surface area contributed by atoms with Gasteiger partial charge in [-0.3, -0.25) is 4.79 Å². The molecule has 1 heterocycles. The van der Waals surface area contributed by atoms with Crippen molar-refractivity contribution in [2.75, 3.05) is 26.2 Å². The van der Waals surface area contributed by atoms with E-state index < -0.39 is 0 Å². The predicted octanol–water partition coefficient (Wildman–Crippen LogP) is 2.16. The zero-order valence-electron chi connectivity index (χ0n) is 15.8. The number of amides is 1. The van der Waals surface area contributed by atoms with Crippen molar-refractivity contribution in [2.24, 2.45) is 4.99 Å². The molecule has 0 bridgehead atoms. The van der Waals surface area contributed by atoms with E-state index in [-0.39, 0.29) is 23.9 Å². The summed E-state index contributed by atoms with van der Waals surface area (Å²) in [5.74, 6) is 1.07. The maximum atomic E-state index is 13.2. The topological polar surface area (TPSA) is 66.0 Å². The number of halogens is 1. The van der Waals surface area contributed by atoms with Crippen LogP contribution in [-0.4, -0.2) is 55.1 Å². The first-order chi connectivity index (χ1) is 12.5. The lowest BCUT2D eigenvalue weighted by molar-refractivity contribution is -0.129. The molecule has 26 heavy (non-hydrogen) atoms. The molecule has 144 valence electrons. The van der Waals surface area contributed by atoms with Crippen LogP contribution in [0.2, 0.25) is 0 Å². The van der Waals surface area contributed by atoms with Gasteiger partial charge in [-0.1, -0.05) is 13.0 Å². The first-order valence-corrected chi connectivity index (χ1v) is 9.26. The maximum absolute atomic E-state index is 13.2. The number of nitrogens with one attached hydrogen (secondary N) is 2. The van der Waals surface area contributed by atoms with Crippen molar-refractivity contribution in [3.8, 4) is 5.75 Å². The summed E-state index contributed by atoms with van der Waals surface area (Å²) >= 11 is 0. The van der Waals surface area contributed by atoms with Crippen LogP contribution in [0.3, 0.4) is 0 Å². The Kier molecular flexibility index (Phi) is 7.69. The van der Waals surface area contributed by atoms with Crippen LogP contribution >= 0.6 is 0 Å². The molecule has 2 unspecified atom stereocenters. The van der Waals surface area contributed by atoms with Gasteiger partial charge in [0.25, 0.3) is 0 Å². The zero-order chi connectivity index (χ0) is 18.9. The van der Waals surface area contributed by atoms with Gasteiger partial charge in [0.05, 0.1) is 6.54 Å². The normalized spacial score (nSPS) is 18.5. The van der Waals surface area contributed by atoms with Gasteiger partial charge in [0.1, 0.15) is 17.7 Å². The molecule has 1 amide bonds. The summed E-state index contributed by atoms with van der Waals surface area (Å²) < 4.78 is 18.9. The fourth-order valence-corrected chi connectivity index (χ4v) is 2.87. The molecule has 1 aliphatic heterocycles. The molecule has 1 aromatic carbocycles. The minimum absolute atomic E-state index is 0.186. The number of aliphatic imine (C=N–C) groups is 1. The number of hydrogen-bond acceptors (Lipinski definition) is 3. The second-order valence-electron chi connectivity index (χ2n) is 6.43. The summed E-state index contributed by atoms with van der Waals surface area (Å²) in [4.78, 5) is 18.2. The van der Waals surface area contributed by atoms with E-state index in [9.17, 15) is 9.18 Å². The van der Waals surface area contributed by atoms with Gasteiger partial charge in [0.15, 0.2) is 5.96 Å². The molecular formula is C19H29FN4O2. The Hall–Kier alpha value is -2.31. The predicted molar refractivity (Wildman–Crippen MR) is 101 cm³/mol. The van der Waals surface area contributed by atoms with Crippen LogP contribution in [0.4, 0.5) is 4.39 Å². The van der Waals surface area contributed by atoms with Gasteiger partial charge < -0.3 is 20.3 Å². The molecule has 6 nitrogen and oxygen atoms in total. The summed E-state index contributed by atoms with van der Waals surface area (Å²) in [6, 6.07) is 6.29. The minimum Gasteiger partial charge on any atom is -0.489 e. The van der Waals surface area contributed by atoms with Crippen LogP contribution in [0.25, 0.3) is 0 Å². The number of hydrogen-bond donors (Lipinski definition) is 2. The van der Waals surface area contributed by atoms with Crippen LogP contribution in [0.5, 0.6) is 5.75 Å². The quantitative estimate of drug-likeness (QED) is 0.575. The van der Waals surface area contributed by atoms with Crippen LogP contribution in [0.15, 0.2) is 29.3 Å². The summed E-state index contributed by atoms with van der Waals surface area (Å²) in [5, 5.41) is 6.60. The van der Waals surface area contributed by atoms with Crippen LogP contribution in [0, 0.1) is 5.82 Å². The molecule has 1 saturated heterocycles. The standard InChI is InChI=1S/C19H29FN4O2/c1-4-18(25)24-10-9-16(13-24)23-19(21-5-2)22-12-14(3)26-17-8-6-7-15(20)11-17/h6-8,11,14,16H,4-5,9-10,12-13H2,1-3H3,(H2,21,22,23). The third kappa shape index (κ3) is 6.20. The fraction of sp³-hybridized carbons (Fsp3) is 0.579. The molecule has 0 radical (unpaired) electrons. The van der Waals surface area contributed by atoms with Crippen LogP contribution < -0.4 is 15.4 Å². The highest BCUT2D eigenvalue weighted by atomic mass is 19.1. The largest absolute Gasteiger partial charge is 0.489 e.